The van der Waals surface area contributed by atoms with Crippen LogP contribution >= 0.6 is 0 Å². The number of benzene rings is 1. The number of nitrogens with zero attached hydrogens (tertiary/aromatic N) is 4. The van der Waals surface area contributed by atoms with E-state index >= 15 is 0 Å². The standard InChI is InChI=1S/C13H13N5O2/c1-7-2-5-9(18(19)20)6-10(7)12-15-11(8-3-4-8)16-13(14)17-12/h2,5-6,8H,3-4H2,1H3,(H2,14,15,16,17). The molecule has 1 aromatic carbocycles. The first-order valence-electron chi connectivity index (χ1n) is 6.31. The highest BCUT2D eigenvalue weighted by atomic mass is 16.6. The lowest BCUT2D eigenvalue weighted by Gasteiger charge is -2.06. The van der Waals surface area contributed by atoms with Crippen LogP contribution in [0.25, 0.3) is 11.4 Å². The van der Waals surface area contributed by atoms with Crippen molar-refractivity contribution in [1.82, 2.24) is 15.0 Å². The largest absolute Gasteiger partial charge is 0.368 e. The molecule has 2 N–H and O–H groups in total. The van der Waals surface area contributed by atoms with Crippen LogP contribution in [0.15, 0.2) is 18.2 Å². The Kier molecular flexibility index (Phi) is 2.81. The van der Waals surface area contributed by atoms with E-state index in [0.717, 1.165) is 18.4 Å². The zero-order valence-electron chi connectivity index (χ0n) is 10.9. The second kappa shape index (κ2) is 4.52. The van der Waals surface area contributed by atoms with Gasteiger partial charge in [0.05, 0.1) is 4.92 Å². The fourth-order valence-corrected chi connectivity index (χ4v) is 2.02. The van der Waals surface area contributed by atoms with E-state index in [9.17, 15) is 10.1 Å². The van der Waals surface area contributed by atoms with Crippen molar-refractivity contribution >= 4 is 11.6 Å². The summed E-state index contributed by atoms with van der Waals surface area (Å²) < 4.78 is 0. The number of nitrogen functional groups attached to an aromatic ring is 1. The highest BCUT2D eigenvalue weighted by molar-refractivity contribution is 5.64. The third-order valence-corrected chi connectivity index (χ3v) is 3.29. The van der Waals surface area contributed by atoms with Crippen LogP contribution < -0.4 is 5.73 Å². The average molecular weight is 271 g/mol. The number of hydrogen-bond donors (Lipinski definition) is 1. The van der Waals surface area contributed by atoms with Crippen LogP contribution in [0.5, 0.6) is 0 Å². The van der Waals surface area contributed by atoms with Crippen LogP contribution in [-0.2, 0) is 0 Å². The minimum atomic E-state index is -0.435. The third-order valence-electron chi connectivity index (χ3n) is 3.29. The van der Waals surface area contributed by atoms with Crippen molar-refractivity contribution in [2.75, 3.05) is 5.73 Å². The normalized spacial score (nSPS) is 14.2. The van der Waals surface area contributed by atoms with Crippen molar-refractivity contribution in [2.45, 2.75) is 25.7 Å². The smallest absolute Gasteiger partial charge is 0.270 e. The maximum atomic E-state index is 10.9. The molecule has 0 saturated heterocycles. The minimum absolute atomic E-state index is 0.0116. The van der Waals surface area contributed by atoms with E-state index in [-0.39, 0.29) is 11.6 Å². The molecule has 7 nitrogen and oxygen atoms in total. The van der Waals surface area contributed by atoms with Crippen LogP contribution in [0.4, 0.5) is 11.6 Å². The summed E-state index contributed by atoms with van der Waals surface area (Å²) in [4.78, 5) is 23.1. The Morgan fingerprint density at radius 2 is 2.05 bits per heavy atom. The van der Waals surface area contributed by atoms with Crippen molar-refractivity contribution in [2.24, 2.45) is 0 Å². The predicted molar refractivity (Wildman–Crippen MR) is 73.0 cm³/mol. The molecule has 0 unspecified atom stereocenters. The summed E-state index contributed by atoms with van der Waals surface area (Å²) in [6.45, 7) is 1.86. The van der Waals surface area contributed by atoms with E-state index in [1.165, 1.54) is 12.1 Å². The Morgan fingerprint density at radius 3 is 2.70 bits per heavy atom. The van der Waals surface area contributed by atoms with E-state index in [2.05, 4.69) is 15.0 Å². The number of nitro groups is 1. The molecule has 1 saturated carbocycles. The second-order valence-corrected chi connectivity index (χ2v) is 4.91. The molecule has 3 rings (SSSR count). The molecule has 0 spiro atoms. The molecule has 7 heteroatoms. The Bertz CT molecular complexity index is 697. The molecule has 1 heterocycles. The predicted octanol–water partition coefficient (Wildman–Crippen LogP) is 2.21. The fourth-order valence-electron chi connectivity index (χ4n) is 2.02. The van der Waals surface area contributed by atoms with Gasteiger partial charge in [0.15, 0.2) is 5.82 Å². The van der Waals surface area contributed by atoms with E-state index in [1.807, 2.05) is 6.92 Å². The molecule has 2 aromatic rings. The zero-order chi connectivity index (χ0) is 14.3. The first kappa shape index (κ1) is 12.5. The molecule has 20 heavy (non-hydrogen) atoms. The first-order chi connectivity index (χ1) is 9.54. The molecular formula is C13H13N5O2. The maximum Gasteiger partial charge on any atom is 0.270 e. The molecule has 1 aromatic heterocycles. The molecule has 0 bridgehead atoms. The van der Waals surface area contributed by atoms with E-state index in [0.29, 0.717) is 23.1 Å². The van der Waals surface area contributed by atoms with Crippen molar-refractivity contribution in [3.8, 4) is 11.4 Å². The van der Waals surface area contributed by atoms with Gasteiger partial charge in [-0.3, -0.25) is 10.1 Å². The van der Waals surface area contributed by atoms with Gasteiger partial charge in [0.1, 0.15) is 5.82 Å². The number of nitro benzene ring substituents is 1. The van der Waals surface area contributed by atoms with Gasteiger partial charge in [-0.2, -0.15) is 9.97 Å². The summed E-state index contributed by atoms with van der Waals surface area (Å²) in [5, 5.41) is 10.9. The Hall–Kier alpha value is -2.57. The van der Waals surface area contributed by atoms with Crippen LogP contribution in [-0.4, -0.2) is 19.9 Å². The fraction of sp³-hybridized carbons (Fsp3) is 0.308. The van der Waals surface area contributed by atoms with E-state index in [4.69, 9.17) is 5.73 Å². The van der Waals surface area contributed by atoms with Gasteiger partial charge < -0.3 is 5.73 Å². The number of hydrogen-bond acceptors (Lipinski definition) is 6. The highest BCUT2D eigenvalue weighted by Gasteiger charge is 2.28. The summed E-state index contributed by atoms with van der Waals surface area (Å²) in [6, 6.07) is 4.62. The summed E-state index contributed by atoms with van der Waals surface area (Å²) in [7, 11) is 0. The number of rotatable bonds is 3. The maximum absolute atomic E-state index is 10.9. The summed E-state index contributed by atoms with van der Waals surface area (Å²) in [5.74, 6) is 1.58. The molecule has 0 radical (unpaired) electrons. The van der Waals surface area contributed by atoms with E-state index < -0.39 is 4.92 Å². The Morgan fingerprint density at radius 1 is 1.30 bits per heavy atom. The van der Waals surface area contributed by atoms with Gasteiger partial charge in [0.25, 0.3) is 5.69 Å². The average Bonchev–Trinajstić information content (AvgIpc) is 3.22. The van der Waals surface area contributed by atoms with Crippen LogP contribution in [0.1, 0.15) is 30.1 Å². The quantitative estimate of drug-likeness (QED) is 0.677. The SMILES string of the molecule is Cc1ccc([N+](=O)[O-])cc1-c1nc(N)nc(C2CC2)n1. The minimum Gasteiger partial charge on any atom is -0.368 e. The molecule has 1 aliphatic rings. The molecule has 1 fully saturated rings. The number of aromatic nitrogens is 3. The van der Waals surface area contributed by atoms with Gasteiger partial charge in [0.2, 0.25) is 5.95 Å². The lowest BCUT2D eigenvalue weighted by atomic mass is 10.1. The van der Waals surface area contributed by atoms with Crippen LogP contribution in [0.3, 0.4) is 0 Å². The van der Waals surface area contributed by atoms with Gasteiger partial charge >= 0.3 is 0 Å². The molecule has 0 amide bonds. The highest BCUT2D eigenvalue weighted by Crippen LogP contribution is 2.38. The molecule has 0 aliphatic heterocycles. The van der Waals surface area contributed by atoms with Crippen molar-refractivity contribution < 1.29 is 4.92 Å². The zero-order valence-corrected chi connectivity index (χ0v) is 10.9. The third kappa shape index (κ3) is 2.29. The van der Waals surface area contributed by atoms with E-state index in [1.54, 1.807) is 6.07 Å². The topological polar surface area (TPSA) is 108 Å². The summed E-state index contributed by atoms with van der Waals surface area (Å²) in [5.41, 5.74) is 7.21. The second-order valence-electron chi connectivity index (χ2n) is 4.91. The van der Waals surface area contributed by atoms with Gasteiger partial charge in [0, 0.05) is 23.6 Å². The molecular weight excluding hydrogens is 258 g/mol. The van der Waals surface area contributed by atoms with Gasteiger partial charge in [-0.05, 0) is 25.3 Å². The lowest BCUT2D eigenvalue weighted by molar-refractivity contribution is -0.384. The molecule has 1 aliphatic carbocycles. The van der Waals surface area contributed by atoms with Crippen molar-refractivity contribution in [3.63, 3.8) is 0 Å². The molecule has 102 valence electrons. The van der Waals surface area contributed by atoms with Gasteiger partial charge in [-0.25, -0.2) is 4.98 Å². The summed E-state index contributed by atoms with van der Waals surface area (Å²) >= 11 is 0. The monoisotopic (exact) mass is 271 g/mol. The number of anilines is 1. The Labute approximate surface area is 115 Å². The van der Waals surface area contributed by atoms with Crippen LogP contribution in [0.2, 0.25) is 0 Å². The first-order valence-corrected chi connectivity index (χ1v) is 6.31. The number of aryl methyl sites for hydroxylation is 1. The van der Waals surface area contributed by atoms with Crippen molar-refractivity contribution in [1.29, 1.82) is 0 Å². The van der Waals surface area contributed by atoms with Crippen molar-refractivity contribution in [3.05, 3.63) is 39.7 Å². The number of non-ortho nitro benzene ring substituents is 1. The number of nitrogens with two attached hydrogens (primary N) is 1. The van der Waals surface area contributed by atoms with Gasteiger partial charge in [-0.15, -0.1) is 0 Å². The van der Waals surface area contributed by atoms with Crippen LogP contribution in [0, 0.1) is 17.0 Å². The molecule has 0 atom stereocenters. The van der Waals surface area contributed by atoms with Gasteiger partial charge in [-0.1, -0.05) is 6.07 Å². The lowest BCUT2D eigenvalue weighted by Crippen LogP contribution is -2.05. The Balaban J connectivity index is 2.12. The summed E-state index contributed by atoms with van der Waals surface area (Å²) in [6.07, 6.45) is 2.10.